The SMILES string of the molecule is O=C(NCc1ncccn1)C(=O)[C@H]1CCC(=O)N1Cc1ccccc1. The summed E-state index contributed by atoms with van der Waals surface area (Å²) in [7, 11) is 0. The number of hydrogen-bond donors (Lipinski definition) is 1. The van der Waals surface area contributed by atoms with E-state index in [4.69, 9.17) is 0 Å². The monoisotopic (exact) mass is 338 g/mol. The Bertz CT molecular complexity index is 764. The molecule has 2 heterocycles. The second kappa shape index (κ2) is 7.65. The topological polar surface area (TPSA) is 92.3 Å². The van der Waals surface area contributed by atoms with E-state index in [-0.39, 0.29) is 18.9 Å². The predicted molar refractivity (Wildman–Crippen MR) is 88.9 cm³/mol. The van der Waals surface area contributed by atoms with E-state index in [1.54, 1.807) is 18.5 Å². The summed E-state index contributed by atoms with van der Waals surface area (Å²) >= 11 is 0. The minimum atomic E-state index is -0.718. The number of carbonyl (C=O) groups is 3. The van der Waals surface area contributed by atoms with Crippen LogP contribution >= 0.6 is 0 Å². The van der Waals surface area contributed by atoms with Crippen molar-refractivity contribution < 1.29 is 14.4 Å². The number of nitrogens with zero attached hydrogens (tertiary/aromatic N) is 3. The van der Waals surface area contributed by atoms with Crippen LogP contribution in [0.15, 0.2) is 48.8 Å². The fourth-order valence-corrected chi connectivity index (χ4v) is 2.80. The Morgan fingerprint density at radius 1 is 1.12 bits per heavy atom. The third-order valence-electron chi connectivity index (χ3n) is 4.08. The summed E-state index contributed by atoms with van der Waals surface area (Å²) in [5, 5.41) is 2.52. The maximum absolute atomic E-state index is 12.5. The molecule has 0 unspecified atom stereocenters. The lowest BCUT2D eigenvalue weighted by Crippen LogP contribution is -2.45. The van der Waals surface area contributed by atoms with Gasteiger partial charge in [-0.3, -0.25) is 14.4 Å². The molecular formula is C18H18N4O3. The fraction of sp³-hybridized carbons (Fsp3) is 0.278. The van der Waals surface area contributed by atoms with Crippen LogP contribution in [0.1, 0.15) is 24.2 Å². The van der Waals surface area contributed by atoms with Crippen LogP contribution in [0.25, 0.3) is 0 Å². The Labute approximate surface area is 145 Å². The third-order valence-corrected chi connectivity index (χ3v) is 4.08. The number of ketones is 1. The van der Waals surface area contributed by atoms with Crippen LogP contribution in [0.4, 0.5) is 0 Å². The third kappa shape index (κ3) is 4.06. The molecule has 0 bridgehead atoms. The van der Waals surface area contributed by atoms with E-state index in [0.29, 0.717) is 18.8 Å². The lowest BCUT2D eigenvalue weighted by Gasteiger charge is -2.23. The van der Waals surface area contributed by atoms with Gasteiger partial charge in [-0.05, 0) is 18.1 Å². The number of amides is 2. The summed E-state index contributed by atoms with van der Waals surface area (Å²) in [6, 6.07) is 10.4. The second-order valence-corrected chi connectivity index (χ2v) is 5.77. The number of carbonyl (C=O) groups excluding carboxylic acids is 3. The number of rotatable bonds is 6. The first-order valence-corrected chi connectivity index (χ1v) is 8.06. The highest BCUT2D eigenvalue weighted by Gasteiger charge is 2.38. The van der Waals surface area contributed by atoms with Gasteiger partial charge in [0.05, 0.1) is 6.54 Å². The maximum Gasteiger partial charge on any atom is 0.289 e. The van der Waals surface area contributed by atoms with Crippen LogP contribution in [0, 0.1) is 0 Å². The molecule has 3 rings (SSSR count). The van der Waals surface area contributed by atoms with Gasteiger partial charge in [0.25, 0.3) is 5.91 Å². The number of nitrogens with one attached hydrogen (secondary N) is 1. The minimum absolute atomic E-state index is 0.0742. The fourth-order valence-electron chi connectivity index (χ4n) is 2.80. The molecule has 1 aromatic carbocycles. The van der Waals surface area contributed by atoms with Crippen LogP contribution < -0.4 is 5.32 Å². The molecule has 0 aliphatic carbocycles. The van der Waals surface area contributed by atoms with Crippen molar-refractivity contribution >= 4 is 17.6 Å². The van der Waals surface area contributed by atoms with Gasteiger partial charge in [-0.2, -0.15) is 0 Å². The zero-order valence-electron chi connectivity index (χ0n) is 13.6. The molecule has 7 heteroatoms. The molecule has 1 saturated heterocycles. The molecular weight excluding hydrogens is 320 g/mol. The van der Waals surface area contributed by atoms with Gasteiger partial charge in [0.2, 0.25) is 11.7 Å². The smallest absolute Gasteiger partial charge is 0.289 e. The van der Waals surface area contributed by atoms with E-state index < -0.39 is 17.7 Å². The first kappa shape index (κ1) is 16.8. The minimum Gasteiger partial charge on any atom is -0.342 e. The van der Waals surface area contributed by atoms with Crippen molar-refractivity contribution in [2.45, 2.75) is 32.0 Å². The normalized spacial score (nSPS) is 16.7. The highest BCUT2D eigenvalue weighted by molar-refractivity contribution is 6.38. The van der Waals surface area contributed by atoms with Gasteiger partial charge < -0.3 is 10.2 Å². The molecule has 0 saturated carbocycles. The van der Waals surface area contributed by atoms with E-state index in [2.05, 4.69) is 15.3 Å². The highest BCUT2D eigenvalue weighted by Crippen LogP contribution is 2.22. The summed E-state index contributed by atoms with van der Waals surface area (Å²) in [6.07, 6.45) is 3.76. The summed E-state index contributed by atoms with van der Waals surface area (Å²) in [4.78, 5) is 46.2. The van der Waals surface area contributed by atoms with E-state index in [9.17, 15) is 14.4 Å². The number of aromatic nitrogens is 2. The predicted octanol–water partition coefficient (Wildman–Crippen LogP) is 0.853. The van der Waals surface area contributed by atoms with E-state index in [1.807, 2.05) is 30.3 Å². The lowest BCUT2D eigenvalue weighted by molar-refractivity contribution is -0.143. The molecule has 25 heavy (non-hydrogen) atoms. The Morgan fingerprint density at radius 2 is 1.84 bits per heavy atom. The number of likely N-dealkylation sites (tertiary alicyclic amines) is 1. The van der Waals surface area contributed by atoms with Crippen LogP contribution in [0.5, 0.6) is 0 Å². The van der Waals surface area contributed by atoms with Gasteiger partial charge in [-0.25, -0.2) is 9.97 Å². The van der Waals surface area contributed by atoms with Crippen molar-refractivity contribution in [3.8, 4) is 0 Å². The molecule has 1 aliphatic heterocycles. The quantitative estimate of drug-likeness (QED) is 0.789. The van der Waals surface area contributed by atoms with Gasteiger partial charge in [-0.15, -0.1) is 0 Å². The molecule has 1 atom stereocenters. The zero-order chi connectivity index (χ0) is 17.6. The Morgan fingerprint density at radius 3 is 2.56 bits per heavy atom. The van der Waals surface area contributed by atoms with Crippen molar-refractivity contribution in [2.75, 3.05) is 0 Å². The van der Waals surface area contributed by atoms with Crippen molar-refractivity contribution in [1.82, 2.24) is 20.2 Å². The summed E-state index contributed by atoms with van der Waals surface area (Å²) < 4.78 is 0. The number of hydrogen-bond acceptors (Lipinski definition) is 5. The standard InChI is InChI=1S/C18H18N4O3/c23-16-8-7-14(22(16)12-13-5-2-1-3-6-13)17(24)18(25)21-11-15-19-9-4-10-20-15/h1-6,9-10,14H,7-8,11-12H2,(H,21,25)/t14-/m1/s1. The molecule has 1 N–H and O–H groups in total. The first-order chi connectivity index (χ1) is 12.1. The molecule has 128 valence electrons. The van der Waals surface area contributed by atoms with E-state index in [0.717, 1.165) is 5.56 Å². The van der Waals surface area contributed by atoms with Crippen LogP contribution in [-0.4, -0.2) is 38.5 Å². The van der Waals surface area contributed by atoms with Gasteiger partial charge in [0, 0.05) is 25.4 Å². The molecule has 0 radical (unpaired) electrons. The summed E-state index contributed by atoms with van der Waals surface area (Å²) in [5.41, 5.74) is 0.925. The van der Waals surface area contributed by atoms with Crippen LogP contribution in [0.3, 0.4) is 0 Å². The maximum atomic E-state index is 12.5. The highest BCUT2D eigenvalue weighted by atomic mass is 16.2. The summed E-state index contributed by atoms with van der Waals surface area (Å²) in [6.45, 7) is 0.399. The molecule has 2 aromatic rings. The van der Waals surface area contributed by atoms with Gasteiger partial charge in [-0.1, -0.05) is 30.3 Å². The van der Waals surface area contributed by atoms with E-state index in [1.165, 1.54) is 4.90 Å². The molecule has 1 aliphatic rings. The summed E-state index contributed by atoms with van der Waals surface area (Å²) in [5.74, 6) is -1.00. The van der Waals surface area contributed by atoms with Gasteiger partial charge >= 0.3 is 0 Å². The number of benzene rings is 1. The Kier molecular flexibility index (Phi) is 5.13. The molecule has 1 aromatic heterocycles. The van der Waals surface area contributed by atoms with Crippen LogP contribution in [-0.2, 0) is 27.5 Å². The van der Waals surface area contributed by atoms with Gasteiger partial charge in [0.1, 0.15) is 11.9 Å². The first-order valence-electron chi connectivity index (χ1n) is 8.06. The zero-order valence-corrected chi connectivity index (χ0v) is 13.6. The lowest BCUT2D eigenvalue weighted by atomic mass is 10.1. The molecule has 7 nitrogen and oxygen atoms in total. The number of Topliss-reactive ketones (excluding diaryl/α,β-unsaturated/α-hetero) is 1. The van der Waals surface area contributed by atoms with Gasteiger partial charge in [0.15, 0.2) is 0 Å². The van der Waals surface area contributed by atoms with Crippen molar-refractivity contribution in [3.63, 3.8) is 0 Å². The Balaban J connectivity index is 1.63. The van der Waals surface area contributed by atoms with Crippen LogP contribution in [0.2, 0.25) is 0 Å². The molecule has 1 fully saturated rings. The van der Waals surface area contributed by atoms with Crippen molar-refractivity contribution in [2.24, 2.45) is 0 Å². The van der Waals surface area contributed by atoms with Crippen molar-refractivity contribution in [1.29, 1.82) is 0 Å². The van der Waals surface area contributed by atoms with E-state index >= 15 is 0 Å². The largest absolute Gasteiger partial charge is 0.342 e. The van der Waals surface area contributed by atoms with Crippen molar-refractivity contribution in [3.05, 3.63) is 60.2 Å². The average molecular weight is 338 g/mol. The average Bonchev–Trinajstić information content (AvgIpc) is 3.01. The molecule has 2 amide bonds. The Hall–Kier alpha value is -3.09. The molecule has 0 spiro atoms. The second-order valence-electron chi connectivity index (χ2n) is 5.77.